The van der Waals surface area contributed by atoms with Crippen LogP contribution >= 0.6 is 0 Å². The summed E-state index contributed by atoms with van der Waals surface area (Å²) in [5.74, 6) is 1.02. The number of hydrogen-bond donors (Lipinski definition) is 2. The number of nitrogens with one attached hydrogen (secondary N) is 2. The summed E-state index contributed by atoms with van der Waals surface area (Å²) in [6.45, 7) is 7.12. The number of benzene rings is 2. The topological polar surface area (TPSA) is 60.1 Å². The van der Waals surface area contributed by atoms with Crippen LogP contribution in [0.3, 0.4) is 0 Å². The predicted molar refractivity (Wildman–Crippen MR) is 140 cm³/mol. The maximum atomic E-state index is 4.90. The lowest BCUT2D eigenvalue weighted by Gasteiger charge is -2.34. The van der Waals surface area contributed by atoms with Gasteiger partial charge in [-0.3, -0.25) is 14.8 Å². The highest BCUT2D eigenvalue weighted by atomic mass is 15.2. The van der Waals surface area contributed by atoms with Crippen LogP contribution in [0.15, 0.2) is 66.9 Å². The molecule has 1 unspecified atom stereocenters. The first-order valence-electron chi connectivity index (χ1n) is 12.9. The van der Waals surface area contributed by atoms with Crippen molar-refractivity contribution >= 4 is 11.0 Å². The van der Waals surface area contributed by atoms with E-state index in [9.17, 15) is 0 Å². The molecule has 6 heteroatoms. The van der Waals surface area contributed by atoms with Crippen LogP contribution in [-0.4, -0.2) is 50.9 Å². The zero-order valence-corrected chi connectivity index (χ0v) is 20.3. The maximum absolute atomic E-state index is 4.90. The Kier molecular flexibility index (Phi) is 6.58. The van der Waals surface area contributed by atoms with E-state index in [1.807, 2.05) is 12.3 Å². The van der Waals surface area contributed by atoms with Crippen LogP contribution in [0, 0.1) is 0 Å². The minimum Gasteiger partial charge on any atom is -0.341 e. The van der Waals surface area contributed by atoms with Crippen LogP contribution in [-0.2, 0) is 26.1 Å². The Bertz CT molecular complexity index is 1220. The molecule has 1 atom stereocenters. The van der Waals surface area contributed by atoms with Crippen LogP contribution in [0.5, 0.6) is 0 Å². The third kappa shape index (κ3) is 5.15. The molecule has 2 aromatic heterocycles. The van der Waals surface area contributed by atoms with Crippen molar-refractivity contribution in [3.05, 3.63) is 95.1 Å². The van der Waals surface area contributed by atoms with Gasteiger partial charge in [-0.1, -0.05) is 42.5 Å². The predicted octanol–water partition coefficient (Wildman–Crippen LogP) is 4.44. The maximum Gasteiger partial charge on any atom is 0.121 e. The Morgan fingerprint density at radius 3 is 2.60 bits per heavy atom. The first-order chi connectivity index (χ1) is 17.3. The molecular weight excluding hydrogens is 432 g/mol. The number of rotatable bonds is 7. The van der Waals surface area contributed by atoms with Crippen molar-refractivity contribution in [1.82, 2.24) is 30.1 Å². The second-order valence-electron chi connectivity index (χ2n) is 9.90. The van der Waals surface area contributed by atoms with Gasteiger partial charge in [-0.25, -0.2) is 4.98 Å². The lowest BCUT2D eigenvalue weighted by molar-refractivity contribution is 0.153. The molecule has 1 aliphatic carbocycles. The van der Waals surface area contributed by atoms with Gasteiger partial charge in [-0.05, 0) is 54.2 Å². The number of hydrogen-bond acceptors (Lipinski definition) is 5. The van der Waals surface area contributed by atoms with Gasteiger partial charge in [-0.2, -0.15) is 0 Å². The Morgan fingerprint density at radius 1 is 0.914 bits per heavy atom. The van der Waals surface area contributed by atoms with Gasteiger partial charge < -0.3 is 10.3 Å². The summed E-state index contributed by atoms with van der Waals surface area (Å²) in [6, 6.07) is 22.2. The van der Waals surface area contributed by atoms with Crippen molar-refractivity contribution in [3.63, 3.8) is 0 Å². The quantitative estimate of drug-likeness (QED) is 0.422. The van der Waals surface area contributed by atoms with Gasteiger partial charge in [0, 0.05) is 45.5 Å². The van der Waals surface area contributed by atoms with Crippen molar-refractivity contribution < 1.29 is 0 Å². The van der Waals surface area contributed by atoms with E-state index in [0.29, 0.717) is 6.04 Å². The second kappa shape index (κ2) is 10.3. The van der Waals surface area contributed by atoms with Crippen molar-refractivity contribution in [3.8, 4) is 0 Å². The fraction of sp³-hybridized carbons (Fsp3) is 0.379. The number of para-hydroxylation sites is 2. The van der Waals surface area contributed by atoms with Crippen molar-refractivity contribution in [1.29, 1.82) is 0 Å². The molecule has 2 aliphatic rings. The standard InChI is InChI=1S/C29H34N6/c1-2-8-26-25(7-1)32-28(33-26)21-35(27-9-3-5-24-6-4-14-31-29(24)27)20-23-12-10-22(11-13-23)19-34-17-15-30-16-18-34/h1-2,4,6-8,10-14,27,30H,3,5,9,15-21H2,(H,32,33). The van der Waals surface area contributed by atoms with Crippen molar-refractivity contribution in [2.75, 3.05) is 26.2 Å². The van der Waals surface area contributed by atoms with E-state index in [-0.39, 0.29) is 0 Å². The molecule has 2 aromatic carbocycles. The van der Waals surface area contributed by atoms with Crippen LogP contribution < -0.4 is 5.32 Å². The lowest BCUT2D eigenvalue weighted by Crippen LogP contribution is -2.42. The van der Waals surface area contributed by atoms with Crippen LogP contribution in [0.2, 0.25) is 0 Å². The minimum atomic E-state index is 0.300. The molecule has 2 N–H and O–H groups in total. The number of piperazine rings is 1. The largest absolute Gasteiger partial charge is 0.341 e. The Hall–Kier alpha value is -3.06. The van der Waals surface area contributed by atoms with E-state index in [4.69, 9.17) is 9.97 Å². The second-order valence-corrected chi connectivity index (χ2v) is 9.90. The van der Waals surface area contributed by atoms with Crippen LogP contribution in [0.4, 0.5) is 0 Å². The monoisotopic (exact) mass is 466 g/mol. The fourth-order valence-electron chi connectivity index (χ4n) is 5.60. The van der Waals surface area contributed by atoms with Crippen molar-refractivity contribution in [2.45, 2.75) is 44.9 Å². The summed E-state index contributed by atoms with van der Waals surface area (Å²) < 4.78 is 0. The highest BCUT2D eigenvalue weighted by Gasteiger charge is 2.28. The molecule has 0 bridgehead atoms. The van der Waals surface area contributed by atoms with Gasteiger partial charge in [0.1, 0.15) is 5.82 Å². The summed E-state index contributed by atoms with van der Waals surface area (Å²) in [5, 5.41) is 3.44. The summed E-state index contributed by atoms with van der Waals surface area (Å²) in [7, 11) is 0. The third-order valence-electron chi connectivity index (χ3n) is 7.42. The zero-order valence-electron chi connectivity index (χ0n) is 20.3. The van der Waals surface area contributed by atoms with Gasteiger partial charge in [-0.15, -0.1) is 0 Å². The van der Waals surface area contributed by atoms with E-state index in [1.54, 1.807) is 0 Å². The van der Waals surface area contributed by atoms with Crippen LogP contribution in [0.25, 0.3) is 11.0 Å². The molecule has 6 rings (SSSR count). The van der Waals surface area contributed by atoms with E-state index in [1.165, 1.54) is 28.8 Å². The van der Waals surface area contributed by atoms with E-state index in [2.05, 4.69) is 74.7 Å². The highest BCUT2D eigenvalue weighted by Crippen LogP contribution is 2.34. The molecule has 3 heterocycles. The van der Waals surface area contributed by atoms with Gasteiger partial charge in [0.2, 0.25) is 0 Å². The average molecular weight is 467 g/mol. The Labute approximate surface area is 207 Å². The molecular formula is C29H34N6. The fourth-order valence-corrected chi connectivity index (χ4v) is 5.60. The summed E-state index contributed by atoms with van der Waals surface area (Å²) >= 11 is 0. The molecule has 4 aromatic rings. The molecule has 0 saturated carbocycles. The average Bonchev–Trinajstić information content (AvgIpc) is 3.32. The zero-order chi connectivity index (χ0) is 23.5. The molecule has 1 aliphatic heterocycles. The number of aryl methyl sites for hydroxylation is 1. The molecule has 0 amide bonds. The number of aromatic nitrogens is 3. The number of aromatic amines is 1. The third-order valence-corrected chi connectivity index (χ3v) is 7.42. The van der Waals surface area contributed by atoms with Gasteiger partial charge in [0.15, 0.2) is 0 Å². The number of fused-ring (bicyclic) bond motifs is 2. The molecule has 1 fully saturated rings. The molecule has 6 nitrogen and oxygen atoms in total. The molecule has 0 spiro atoms. The summed E-state index contributed by atoms with van der Waals surface area (Å²) in [4.78, 5) is 18.4. The SMILES string of the molecule is c1cnc2c(c1)CCCC2N(Cc1ccc(CN2CCNCC2)cc1)Cc1nc2ccccc2[nH]1. The molecule has 0 radical (unpaired) electrons. The normalized spacial score (nSPS) is 18.7. The van der Waals surface area contributed by atoms with Gasteiger partial charge in [0.05, 0.1) is 29.3 Å². The smallest absolute Gasteiger partial charge is 0.121 e. The summed E-state index contributed by atoms with van der Waals surface area (Å²) in [6.07, 6.45) is 5.40. The first kappa shape index (κ1) is 22.4. The highest BCUT2D eigenvalue weighted by molar-refractivity contribution is 5.74. The number of imidazole rings is 1. The van der Waals surface area contributed by atoms with Gasteiger partial charge >= 0.3 is 0 Å². The van der Waals surface area contributed by atoms with E-state index < -0.39 is 0 Å². The first-order valence-corrected chi connectivity index (χ1v) is 12.9. The summed E-state index contributed by atoms with van der Waals surface area (Å²) in [5.41, 5.74) is 7.50. The van der Waals surface area contributed by atoms with E-state index >= 15 is 0 Å². The molecule has 180 valence electrons. The number of H-pyrrole nitrogens is 1. The van der Waals surface area contributed by atoms with Crippen molar-refractivity contribution in [2.24, 2.45) is 0 Å². The Balaban J connectivity index is 1.24. The number of nitrogens with zero attached hydrogens (tertiary/aromatic N) is 4. The lowest BCUT2D eigenvalue weighted by atomic mass is 9.90. The minimum absolute atomic E-state index is 0.300. The van der Waals surface area contributed by atoms with Gasteiger partial charge in [0.25, 0.3) is 0 Å². The Morgan fingerprint density at radius 2 is 1.74 bits per heavy atom. The molecule has 1 saturated heterocycles. The van der Waals surface area contributed by atoms with Crippen LogP contribution in [0.1, 0.15) is 47.1 Å². The number of pyridine rings is 1. The molecule has 35 heavy (non-hydrogen) atoms. The van der Waals surface area contributed by atoms with E-state index in [0.717, 1.165) is 75.5 Å².